The van der Waals surface area contributed by atoms with E-state index in [1.807, 2.05) is 13.8 Å². The fraction of sp³-hybridized carbons (Fsp3) is 0.429. The number of benzene rings is 1. The second-order valence-corrected chi connectivity index (χ2v) is 5.52. The molecule has 1 N–H and O–H groups in total. The lowest BCUT2D eigenvalue weighted by Crippen LogP contribution is -2.42. The number of hydrogen-bond donors (Lipinski definition) is 1. The van der Waals surface area contributed by atoms with Gasteiger partial charge in [-0.05, 0) is 54.9 Å². The number of nitrogens with zero attached hydrogens (tertiary/aromatic N) is 1. The Kier molecular flexibility index (Phi) is 6.13. The van der Waals surface area contributed by atoms with Crippen LogP contribution in [-0.2, 0) is 4.79 Å². The van der Waals surface area contributed by atoms with Gasteiger partial charge in [-0.3, -0.25) is 9.59 Å². The minimum Gasteiger partial charge on any atom is -0.352 e. The van der Waals surface area contributed by atoms with Crippen LogP contribution in [-0.4, -0.2) is 35.8 Å². The molecule has 0 bridgehead atoms. The molecule has 0 fully saturated rings. The third-order valence-electron chi connectivity index (χ3n) is 2.62. The van der Waals surface area contributed by atoms with E-state index in [9.17, 15) is 14.0 Å². The van der Waals surface area contributed by atoms with Gasteiger partial charge >= 0.3 is 0 Å². The summed E-state index contributed by atoms with van der Waals surface area (Å²) in [5.74, 6) is -1.09. The van der Waals surface area contributed by atoms with E-state index in [2.05, 4.69) is 21.2 Å². The van der Waals surface area contributed by atoms with E-state index in [4.69, 9.17) is 0 Å². The van der Waals surface area contributed by atoms with Gasteiger partial charge in [-0.25, -0.2) is 4.39 Å². The molecular formula is C14H18BrFN2O2. The zero-order chi connectivity index (χ0) is 15.3. The Morgan fingerprint density at radius 1 is 1.40 bits per heavy atom. The molecule has 4 nitrogen and oxygen atoms in total. The summed E-state index contributed by atoms with van der Waals surface area (Å²) in [4.78, 5) is 25.3. The van der Waals surface area contributed by atoms with Crippen molar-refractivity contribution in [1.29, 1.82) is 0 Å². The molecule has 1 aromatic rings. The molecule has 0 aromatic heterocycles. The normalized spacial score (nSPS) is 10.5. The maximum absolute atomic E-state index is 13.4. The van der Waals surface area contributed by atoms with Crippen molar-refractivity contribution in [3.05, 3.63) is 34.1 Å². The molecule has 110 valence electrons. The zero-order valence-electron chi connectivity index (χ0n) is 11.7. The van der Waals surface area contributed by atoms with Crippen LogP contribution in [0.15, 0.2) is 22.7 Å². The SMILES string of the molecule is CCN(CC(=O)NC(C)C)C(=O)c1ccc(Br)c(F)c1. The van der Waals surface area contributed by atoms with Gasteiger partial charge in [0, 0.05) is 18.2 Å². The summed E-state index contributed by atoms with van der Waals surface area (Å²) in [5, 5.41) is 2.72. The van der Waals surface area contributed by atoms with Gasteiger partial charge < -0.3 is 10.2 Å². The molecule has 20 heavy (non-hydrogen) atoms. The van der Waals surface area contributed by atoms with Crippen molar-refractivity contribution in [2.75, 3.05) is 13.1 Å². The molecule has 0 unspecified atom stereocenters. The lowest BCUT2D eigenvalue weighted by molar-refractivity contribution is -0.122. The van der Waals surface area contributed by atoms with Crippen molar-refractivity contribution in [3.63, 3.8) is 0 Å². The predicted octanol–water partition coefficient (Wildman–Crippen LogP) is 2.57. The molecule has 0 saturated heterocycles. The number of likely N-dealkylation sites (N-methyl/N-ethyl adjacent to an activating group) is 1. The predicted molar refractivity (Wildman–Crippen MR) is 79.0 cm³/mol. The second-order valence-electron chi connectivity index (χ2n) is 4.67. The van der Waals surface area contributed by atoms with Crippen LogP contribution in [0.1, 0.15) is 31.1 Å². The number of rotatable bonds is 5. The summed E-state index contributed by atoms with van der Waals surface area (Å²) in [7, 11) is 0. The van der Waals surface area contributed by atoms with Crippen LogP contribution in [0.2, 0.25) is 0 Å². The molecule has 0 heterocycles. The molecule has 0 saturated carbocycles. The molecule has 2 amide bonds. The van der Waals surface area contributed by atoms with Gasteiger partial charge in [0.25, 0.3) is 5.91 Å². The summed E-state index contributed by atoms with van der Waals surface area (Å²) in [6, 6.07) is 4.18. The quantitative estimate of drug-likeness (QED) is 0.892. The van der Waals surface area contributed by atoms with E-state index in [0.29, 0.717) is 11.0 Å². The summed E-state index contributed by atoms with van der Waals surface area (Å²) in [6.07, 6.45) is 0. The van der Waals surface area contributed by atoms with Crippen LogP contribution in [0.25, 0.3) is 0 Å². The monoisotopic (exact) mass is 344 g/mol. The average molecular weight is 345 g/mol. The molecule has 0 aliphatic carbocycles. The van der Waals surface area contributed by atoms with E-state index in [1.54, 1.807) is 6.92 Å². The lowest BCUT2D eigenvalue weighted by Gasteiger charge is -2.21. The van der Waals surface area contributed by atoms with E-state index < -0.39 is 5.82 Å². The molecule has 0 aliphatic rings. The van der Waals surface area contributed by atoms with Crippen LogP contribution >= 0.6 is 15.9 Å². The van der Waals surface area contributed by atoms with Crippen molar-refractivity contribution in [2.24, 2.45) is 0 Å². The summed E-state index contributed by atoms with van der Waals surface area (Å²) >= 11 is 3.04. The highest BCUT2D eigenvalue weighted by Crippen LogP contribution is 2.17. The topological polar surface area (TPSA) is 49.4 Å². The highest BCUT2D eigenvalue weighted by atomic mass is 79.9. The number of amides is 2. The van der Waals surface area contributed by atoms with Gasteiger partial charge in [0.2, 0.25) is 5.91 Å². The molecule has 0 spiro atoms. The number of halogens is 2. The Morgan fingerprint density at radius 3 is 2.55 bits per heavy atom. The standard InChI is InChI=1S/C14H18BrFN2O2/c1-4-18(8-13(19)17-9(2)3)14(20)10-5-6-11(15)12(16)7-10/h5-7,9H,4,8H2,1-3H3,(H,17,19). The molecule has 1 aromatic carbocycles. The van der Waals surface area contributed by atoms with E-state index in [0.717, 1.165) is 6.07 Å². The number of nitrogens with one attached hydrogen (secondary N) is 1. The van der Waals surface area contributed by atoms with Gasteiger partial charge in [-0.15, -0.1) is 0 Å². The van der Waals surface area contributed by atoms with Gasteiger partial charge in [0.1, 0.15) is 5.82 Å². The minimum atomic E-state index is -0.501. The fourth-order valence-electron chi connectivity index (χ4n) is 1.68. The van der Waals surface area contributed by atoms with E-state index >= 15 is 0 Å². The first kappa shape index (κ1) is 16.6. The second kappa shape index (κ2) is 7.38. The van der Waals surface area contributed by atoms with Crippen LogP contribution < -0.4 is 5.32 Å². The summed E-state index contributed by atoms with van der Waals surface area (Å²) in [6.45, 7) is 5.81. The first-order chi connectivity index (χ1) is 9.35. The molecule has 0 radical (unpaired) electrons. The molecule has 6 heteroatoms. The highest BCUT2D eigenvalue weighted by molar-refractivity contribution is 9.10. The van der Waals surface area contributed by atoms with Crippen molar-refractivity contribution >= 4 is 27.7 Å². The Balaban J connectivity index is 2.81. The first-order valence-electron chi connectivity index (χ1n) is 6.38. The van der Waals surface area contributed by atoms with Crippen molar-refractivity contribution in [3.8, 4) is 0 Å². The Hall–Kier alpha value is -1.43. The summed E-state index contributed by atoms with van der Waals surface area (Å²) < 4.78 is 13.7. The summed E-state index contributed by atoms with van der Waals surface area (Å²) in [5.41, 5.74) is 0.227. The van der Waals surface area contributed by atoms with Crippen LogP contribution in [0.4, 0.5) is 4.39 Å². The molecule has 0 aliphatic heterocycles. The number of carbonyl (C=O) groups is 2. The minimum absolute atomic E-state index is 0.0152. The van der Waals surface area contributed by atoms with Crippen LogP contribution in [0.5, 0.6) is 0 Å². The van der Waals surface area contributed by atoms with Gasteiger partial charge in [-0.2, -0.15) is 0 Å². The molecular weight excluding hydrogens is 327 g/mol. The van der Waals surface area contributed by atoms with E-state index in [1.165, 1.54) is 17.0 Å². The van der Waals surface area contributed by atoms with Gasteiger partial charge in [0.15, 0.2) is 0 Å². The lowest BCUT2D eigenvalue weighted by atomic mass is 10.2. The third-order valence-corrected chi connectivity index (χ3v) is 3.26. The first-order valence-corrected chi connectivity index (χ1v) is 7.18. The zero-order valence-corrected chi connectivity index (χ0v) is 13.3. The molecule has 1 rings (SSSR count). The van der Waals surface area contributed by atoms with Crippen LogP contribution in [0.3, 0.4) is 0 Å². The smallest absolute Gasteiger partial charge is 0.254 e. The fourth-order valence-corrected chi connectivity index (χ4v) is 1.93. The maximum Gasteiger partial charge on any atom is 0.254 e. The number of hydrogen-bond acceptors (Lipinski definition) is 2. The average Bonchev–Trinajstić information content (AvgIpc) is 2.37. The van der Waals surface area contributed by atoms with E-state index in [-0.39, 0.29) is 30.0 Å². The van der Waals surface area contributed by atoms with Crippen molar-refractivity contribution in [1.82, 2.24) is 10.2 Å². The third kappa shape index (κ3) is 4.59. The Morgan fingerprint density at radius 2 is 2.05 bits per heavy atom. The van der Waals surface area contributed by atoms with Crippen LogP contribution in [0, 0.1) is 5.82 Å². The maximum atomic E-state index is 13.4. The largest absolute Gasteiger partial charge is 0.352 e. The highest BCUT2D eigenvalue weighted by Gasteiger charge is 2.18. The van der Waals surface area contributed by atoms with Crippen molar-refractivity contribution < 1.29 is 14.0 Å². The van der Waals surface area contributed by atoms with Crippen molar-refractivity contribution in [2.45, 2.75) is 26.8 Å². The Labute approximate surface area is 126 Å². The Bertz CT molecular complexity index is 506. The number of carbonyl (C=O) groups excluding carboxylic acids is 2. The van der Waals surface area contributed by atoms with Gasteiger partial charge in [-0.1, -0.05) is 0 Å². The van der Waals surface area contributed by atoms with Gasteiger partial charge in [0.05, 0.1) is 11.0 Å². The molecule has 0 atom stereocenters.